The third-order valence-electron chi connectivity index (χ3n) is 4.77. The van der Waals surface area contributed by atoms with E-state index >= 15 is 0 Å². The van der Waals surface area contributed by atoms with Gasteiger partial charge in [0.05, 0.1) is 11.2 Å². The third-order valence-corrected chi connectivity index (χ3v) is 4.77. The number of aromatic nitrogens is 3. The van der Waals surface area contributed by atoms with Crippen LogP contribution >= 0.6 is 0 Å². The summed E-state index contributed by atoms with van der Waals surface area (Å²) in [6.07, 6.45) is 0. The summed E-state index contributed by atoms with van der Waals surface area (Å²) in [5, 5.41) is 8.66. The molecule has 0 aliphatic rings. The molecular weight excluding hydrogens is 348 g/mol. The topological polar surface area (TPSA) is 59.8 Å². The van der Waals surface area contributed by atoms with Crippen molar-refractivity contribution in [2.75, 3.05) is 5.32 Å². The molecule has 4 rings (SSSR count). The number of carbonyl (C=O) groups is 1. The van der Waals surface area contributed by atoms with Crippen molar-refractivity contribution in [2.45, 2.75) is 27.7 Å². The Morgan fingerprint density at radius 1 is 0.929 bits per heavy atom. The van der Waals surface area contributed by atoms with Crippen molar-refractivity contribution in [3.05, 3.63) is 82.5 Å². The Kier molecular flexibility index (Phi) is 4.43. The summed E-state index contributed by atoms with van der Waals surface area (Å²) in [5.74, 6) is 1.11. The zero-order chi connectivity index (χ0) is 19.8. The van der Waals surface area contributed by atoms with Gasteiger partial charge in [-0.05, 0) is 63.1 Å². The first-order valence-electron chi connectivity index (χ1n) is 9.24. The van der Waals surface area contributed by atoms with Crippen molar-refractivity contribution in [3.63, 3.8) is 0 Å². The van der Waals surface area contributed by atoms with Crippen LogP contribution in [0.1, 0.15) is 32.7 Å². The molecule has 0 spiro atoms. The molecule has 2 aromatic carbocycles. The van der Waals surface area contributed by atoms with E-state index in [2.05, 4.69) is 43.3 Å². The second-order valence-corrected chi connectivity index (χ2v) is 7.18. The van der Waals surface area contributed by atoms with Crippen molar-refractivity contribution in [1.82, 2.24) is 14.8 Å². The standard InChI is InChI=1S/C23H22N4O/c1-14-10-16(3)22-19(11-14)15(2)12-20(24-22)27-21(13-17(4)26-27)25-23(28)18-8-6-5-7-9-18/h5-13H,1-4H3,(H,25,28). The molecule has 1 N–H and O–H groups in total. The van der Waals surface area contributed by atoms with Crippen LogP contribution in [0.15, 0.2) is 54.6 Å². The molecule has 2 heterocycles. The highest BCUT2D eigenvalue weighted by Crippen LogP contribution is 2.26. The largest absolute Gasteiger partial charge is 0.306 e. The van der Waals surface area contributed by atoms with Gasteiger partial charge in [-0.3, -0.25) is 4.79 Å². The highest BCUT2D eigenvalue weighted by atomic mass is 16.1. The molecule has 0 radical (unpaired) electrons. The highest BCUT2D eigenvalue weighted by molar-refractivity contribution is 6.04. The Balaban J connectivity index is 1.79. The van der Waals surface area contributed by atoms with E-state index in [9.17, 15) is 4.79 Å². The monoisotopic (exact) mass is 370 g/mol. The van der Waals surface area contributed by atoms with E-state index in [0.29, 0.717) is 17.2 Å². The maximum absolute atomic E-state index is 12.6. The van der Waals surface area contributed by atoms with Crippen LogP contribution in [0.4, 0.5) is 5.82 Å². The molecule has 0 aliphatic carbocycles. The molecule has 0 atom stereocenters. The van der Waals surface area contributed by atoms with E-state index in [-0.39, 0.29) is 5.91 Å². The maximum Gasteiger partial charge on any atom is 0.256 e. The average Bonchev–Trinajstić information content (AvgIpc) is 3.03. The Labute approximate surface area is 164 Å². The minimum absolute atomic E-state index is 0.175. The fraction of sp³-hybridized carbons (Fsp3) is 0.174. The molecule has 0 aliphatic heterocycles. The molecule has 0 bridgehead atoms. The first-order valence-corrected chi connectivity index (χ1v) is 9.24. The normalized spacial score (nSPS) is 11.0. The lowest BCUT2D eigenvalue weighted by atomic mass is 10.0. The first kappa shape index (κ1) is 17.9. The summed E-state index contributed by atoms with van der Waals surface area (Å²) in [5.41, 5.74) is 5.83. The number of fused-ring (bicyclic) bond motifs is 1. The number of nitrogens with zero attached hydrogens (tertiary/aromatic N) is 3. The van der Waals surface area contributed by atoms with Crippen LogP contribution in [0.5, 0.6) is 0 Å². The number of rotatable bonds is 3. The smallest absolute Gasteiger partial charge is 0.256 e. The average molecular weight is 370 g/mol. The van der Waals surface area contributed by atoms with E-state index in [4.69, 9.17) is 4.98 Å². The SMILES string of the molecule is Cc1cc(C)c2nc(-n3nc(C)cc3NC(=O)c3ccccc3)cc(C)c2c1. The molecule has 5 heteroatoms. The summed E-state index contributed by atoms with van der Waals surface area (Å²) in [7, 11) is 0. The predicted octanol–water partition coefficient (Wildman–Crippen LogP) is 4.91. The van der Waals surface area contributed by atoms with Gasteiger partial charge >= 0.3 is 0 Å². The molecule has 140 valence electrons. The van der Waals surface area contributed by atoms with Crippen LogP contribution in [0.2, 0.25) is 0 Å². The molecule has 5 nitrogen and oxygen atoms in total. The van der Waals surface area contributed by atoms with Gasteiger partial charge in [-0.1, -0.05) is 29.8 Å². The number of hydrogen-bond donors (Lipinski definition) is 1. The van der Waals surface area contributed by atoms with Gasteiger partial charge in [0.15, 0.2) is 5.82 Å². The molecule has 0 fully saturated rings. The Morgan fingerprint density at radius 3 is 2.43 bits per heavy atom. The summed E-state index contributed by atoms with van der Waals surface area (Å²) in [6, 6.07) is 17.3. The second kappa shape index (κ2) is 6.93. The van der Waals surface area contributed by atoms with E-state index in [1.807, 2.05) is 37.3 Å². The minimum atomic E-state index is -0.175. The van der Waals surface area contributed by atoms with E-state index in [1.54, 1.807) is 16.8 Å². The second-order valence-electron chi connectivity index (χ2n) is 7.18. The maximum atomic E-state index is 12.6. The van der Waals surface area contributed by atoms with E-state index in [0.717, 1.165) is 27.7 Å². The van der Waals surface area contributed by atoms with Gasteiger partial charge in [0.2, 0.25) is 0 Å². The van der Waals surface area contributed by atoms with Crippen molar-refractivity contribution in [2.24, 2.45) is 0 Å². The Hall–Kier alpha value is -3.47. The van der Waals surface area contributed by atoms with Gasteiger partial charge in [0.1, 0.15) is 5.82 Å². The number of nitrogens with one attached hydrogen (secondary N) is 1. The van der Waals surface area contributed by atoms with E-state index in [1.165, 1.54) is 5.56 Å². The fourth-order valence-corrected chi connectivity index (χ4v) is 3.48. The van der Waals surface area contributed by atoms with E-state index < -0.39 is 0 Å². The predicted molar refractivity (Wildman–Crippen MR) is 112 cm³/mol. The summed E-state index contributed by atoms with van der Waals surface area (Å²) in [4.78, 5) is 17.5. The van der Waals surface area contributed by atoms with Crippen molar-refractivity contribution in [1.29, 1.82) is 0 Å². The number of anilines is 1. The Morgan fingerprint density at radius 2 is 1.68 bits per heavy atom. The Bertz CT molecular complexity index is 1190. The van der Waals surface area contributed by atoms with Crippen LogP contribution in [0, 0.1) is 27.7 Å². The lowest BCUT2D eigenvalue weighted by Crippen LogP contribution is -2.15. The number of benzene rings is 2. The summed E-state index contributed by atoms with van der Waals surface area (Å²) < 4.78 is 1.70. The van der Waals surface area contributed by atoms with Crippen molar-refractivity contribution < 1.29 is 4.79 Å². The van der Waals surface area contributed by atoms with Gasteiger partial charge in [-0.15, -0.1) is 0 Å². The van der Waals surface area contributed by atoms with Gasteiger partial charge in [0.25, 0.3) is 5.91 Å². The molecule has 0 saturated carbocycles. The van der Waals surface area contributed by atoms with Crippen molar-refractivity contribution >= 4 is 22.6 Å². The molecule has 0 unspecified atom stereocenters. The third kappa shape index (κ3) is 3.27. The van der Waals surface area contributed by atoms with Crippen molar-refractivity contribution in [3.8, 4) is 5.82 Å². The van der Waals surface area contributed by atoms with Gasteiger partial charge < -0.3 is 5.32 Å². The number of hydrogen-bond acceptors (Lipinski definition) is 3. The lowest BCUT2D eigenvalue weighted by molar-refractivity contribution is 0.102. The minimum Gasteiger partial charge on any atom is -0.306 e. The molecule has 4 aromatic rings. The summed E-state index contributed by atoms with van der Waals surface area (Å²) in [6.45, 7) is 8.13. The molecular formula is C23H22N4O. The van der Waals surface area contributed by atoms with Gasteiger partial charge in [-0.2, -0.15) is 9.78 Å². The van der Waals surface area contributed by atoms with Crippen LogP contribution in [-0.2, 0) is 0 Å². The number of pyridine rings is 1. The summed E-state index contributed by atoms with van der Waals surface area (Å²) >= 11 is 0. The molecule has 1 amide bonds. The van der Waals surface area contributed by atoms with Gasteiger partial charge in [-0.25, -0.2) is 4.98 Å². The van der Waals surface area contributed by atoms with Crippen LogP contribution in [0.25, 0.3) is 16.7 Å². The molecule has 0 saturated heterocycles. The number of amides is 1. The van der Waals surface area contributed by atoms with Crippen LogP contribution < -0.4 is 5.32 Å². The van der Waals surface area contributed by atoms with Crippen LogP contribution in [0.3, 0.4) is 0 Å². The zero-order valence-electron chi connectivity index (χ0n) is 16.4. The first-order chi connectivity index (χ1) is 13.4. The number of carbonyl (C=O) groups excluding carboxylic acids is 1. The van der Waals surface area contributed by atoms with Gasteiger partial charge in [0, 0.05) is 17.0 Å². The highest BCUT2D eigenvalue weighted by Gasteiger charge is 2.15. The van der Waals surface area contributed by atoms with Crippen LogP contribution in [-0.4, -0.2) is 20.7 Å². The number of aryl methyl sites for hydroxylation is 4. The fourth-order valence-electron chi connectivity index (χ4n) is 3.48. The quantitative estimate of drug-likeness (QED) is 0.558. The zero-order valence-corrected chi connectivity index (χ0v) is 16.4. The molecule has 2 aromatic heterocycles. The lowest BCUT2D eigenvalue weighted by Gasteiger charge is -2.12. The molecule has 28 heavy (non-hydrogen) atoms.